The van der Waals surface area contributed by atoms with E-state index in [2.05, 4.69) is 31.3 Å². The molecule has 0 amide bonds. The molecule has 0 bridgehead atoms. The summed E-state index contributed by atoms with van der Waals surface area (Å²) < 4.78 is 5.76. The first-order valence-corrected chi connectivity index (χ1v) is 6.33. The van der Waals surface area contributed by atoms with Crippen LogP contribution >= 0.6 is 0 Å². The zero-order valence-corrected chi connectivity index (χ0v) is 10.5. The van der Waals surface area contributed by atoms with Gasteiger partial charge in [-0.15, -0.1) is 0 Å². The van der Waals surface area contributed by atoms with Crippen molar-refractivity contribution in [1.29, 1.82) is 0 Å². The quantitative estimate of drug-likeness (QED) is 0.867. The second-order valence-corrected chi connectivity index (χ2v) is 5.77. The molecule has 1 N–H and O–H groups in total. The summed E-state index contributed by atoms with van der Waals surface area (Å²) in [5.74, 6) is 1.87. The Morgan fingerprint density at radius 2 is 2.12 bits per heavy atom. The van der Waals surface area contributed by atoms with E-state index in [1.54, 1.807) is 0 Å². The van der Waals surface area contributed by atoms with E-state index >= 15 is 0 Å². The molecule has 0 spiro atoms. The third kappa shape index (κ3) is 2.22. The zero-order chi connectivity index (χ0) is 11.9. The van der Waals surface area contributed by atoms with Gasteiger partial charge >= 0.3 is 0 Å². The van der Waals surface area contributed by atoms with E-state index in [9.17, 15) is 0 Å². The van der Waals surface area contributed by atoms with Gasteiger partial charge in [0.15, 0.2) is 0 Å². The number of hydrogen-bond acceptors (Lipinski definition) is 2. The maximum Gasteiger partial charge on any atom is 0.134 e. The molecule has 90 valence electrons. The molecule has 3 rings (SSSR count). The van der Waals surface area contributed by atoms with E-state index in [1.807, 2.05) is 18.2 Å². The minimum atomic E-state index is 0.556. The summed E-state index contributed by atoms with van der Waals surface area (Å²) in [7, 11) is 0. The Morgan fingerprint density at radius 3 is 2.82 bits per heavy atom. The number of hydrogen-bond donors (Lipinski definition) is 1. The van der Waals surface area contributed by atoms with Gasteiger partial charge < -0.3 is 9.73 Å². The minimum Gasteiger partial charge on any atom is -0.460 e. The summed E-state index contributed by atoms with van der Waals surface area (Å²) in [6.45, 7) is 6.60. The van der Waals surface area contributed by atoms with Crippen molar-refractivity contribution in [2.75, 3.05) is 6.54 Å². The molecule has 1 aliphatic carbocycles. The van der Waals surface area contributed by atoms with Crippen LogP contribution in [0.4, 0.5) is 0 Å². The van der Waals surface area contributed by atoms with Crippen LogP contribution in [-0.4, -0.2) is 6.54 Å². The molecular weight excluding hydrogens is 210 g/mol. The fraction of sp³-hybridized carbons (Fsp3) is 0.467. The van der Waals surface area contributed by atoms with Crippen molar-refractivity contribution in [3.05, 3.63) is 36.1 Å². The van der Waals surface area contributed by atoms with Gasteiger partial charge in [-0.1, -0.05) is 32.0 Å². The molecule has 0 radical (unpaired) electrons. The second kappa shape index (κ2) is 3.88. The summed E-state index contributed by atoms with van der Waals surface area (Å²) in [5.41, 5.74) is 1.54. The Kier molecular flexibility index (Phi) is 2.48. The molecule has 1 saturated carbocycles. The molecular formula is C15H19NO. The van der Waals surface area contributed by atoms with Crippen LogP contribution in [-0.2, 0) is 6.54 Å². The smallest absolute Gasteiger partial charge is 0.134 e. The molecule has 1 atom stereocenters. The van der Waals surface area contributed by atoms with Gasteiger partial charge in [0.1, 0.15) is 11.3 Å². The number of benzene rings is 1. The highest BCUT2D eigenvalue weighted by Crippen LogP contribution is 2.50. The van der Waals surface area contributed by atoms with Crippen LogP contribution in [0.3, 0.4) is 0 Å². The normalized spacial score (nSPS) is 21.9. The van der Waals surface area contributed by atoms with E-state index in [1.165, 1.54) is 11.8 Å². The third-order valence-corrected chi connectivity index (χ3v) is 3.88. The Bertz CT molecular complexity index is 493. The summed E-state index contributed by atoms with van der Waals surface area (Å²) in [6.07, 6.45) is 1.35. The molecule has 0 saturated heterocycles. The van der Waals surface area contributed by atoms with Crippen LogP contribution in [0.25, 0.3) is 11.0 Å². The minimum absolute atomic E-state index is 0.556. The lowest BCUT2D eigenvalue weighted by Crippen LogP contribution is -2.17. The summed E-state index contributed by atoms with van der Waals surface area (Å²) >= 11 is 0. The number of nitrogens with one attached hydrogen (secondary N) is 1. The van der Waals surface area contributed by atoms with Gasteiger partial charge in [0, 0.05) is 5.39 Å². The monoisotopic (exact) mass is 229 g/mol. The predicted octanol–water partition coefficient (Wildman–Crippen LogP) is 3.57. The van der Waals surface area contributed by atoms with E-state index in [0.29, 0.717) is 5.41 Å². The van der Waals surface area contributed by atoms with Crippen molar-refractivity contribution >= 4 is 11.0 Å². The van der Waals surface area contributed by atoms with Gasteiger partial charge in [0.25, 0.3) is 0 Å². The standard InChI is InChI=1S/C15H19NO/c1-15(2)8-12(15)9-16-10-13-7-11-5-3-4-6-14(11)17-13/h3-7,12,16H,8-10H2,1-2H3. The largest absolute Gasteiger partial charge is 0.460 e. The lowest BCUT2D eigenvalue weighted by atomic mass is 10.1. The van der Waals surface area contributed by atoms with Crippen molar-refractivity contribution < 1.29 is 4.42 Å². The fourth-order valence-corrected chi connectivity index (χ4v) is 2.42. The number of furan rings is 1. The fourth-order valence-electron chi connectivity index (χ4n) is 2.42. The molecule has 2 aromatic rings. The first-order valence-electron chi connectivity index (χ1n) is 6.33. The summed E-state index contributed by atoms with van der Waals surface area (Å²) in [5, 5.41) is 4.68. The van der Waals surface area contributed by atoms with Crippen LogP contribution in [0.1, 0.15) is 26.0 Å². The van der Waals surface area contributed by atoms with Crippen LogP contribution in [0.2, 0.25) is 0 Å². The number of para-hydroxylation sites is 1. The Hall–Kier alpha value is -1.28. The van der Waals surface area contributed by atoms with Gasteiger partial charge in [0.05, 0.1) is 6.54 Å². The van der Waals surface area contributed by atoms with Gasteiger partial charge in [0.2, 0.25) is 0 Å². The van der Waals surface area contributed by atoms with Crippen molar-refractivity contribution in [2.24, 2.45) is 11.3 Å². The highest BCUT2D eigenvalue weighted by Gasteiger charge is 2.44. The number of fused-ring (bicyclic) bond motifs is 1. The Morgan fingerprint density at radius 1 is 1.35 bits per heavy atom. The molecule has 1 aromatic carbocycles. The first-order chi connectivity index (χ1) is 8.15. The molecule has 2 nitrogen and oxygen atoms in total. The zero-order valence-electron chi connectivity index (χ0n) is 10.5. The van der Waals surface area contributed by atoms with Crippen molar-refractivity contribution in [2.45, 2.75) is 26.8 Å². The maximum absolute atomic E-state index is 5.76. The molecule has 0 aliphatic heterocycles. The molecule has 17 heavy (non-hydrogen) atoms. The van der Waals surface area contributed by atoms with E-state index in [-0.39, 0.29) is 0 Å². The molecule has 1 aliphatic rings. The average molecular weight is 229 g/mol. The van der Waals surface area contributed by atoms with Gasteiger partial charge in [-0.3, -0.25) is 0 Å². The summed E-state index contributed by atoms with van der Waals surface area (Å²) in [6, 6.07) is 10.3. The van der Waals surface area contributed by atoms with E-state index < -0.39 is 0 Å². The van der Waals surface area contributed by atoms with Crippen LogP contribution in [0.5, 0.6) is 0 Å². The number of rotatable bonds is 4. The highest BCUT2D eigenvalue weighted by molar-refractivity contribution is 5.77. The highest BCUT2D eigenvalue weighted by atomic mass is 16.3. The van der Waals surface area contributed by atoms with Crippen molar-refractivity contribution in [1.82, 2.24) is 5.32 Å². The van der Waals surface area contributed by atoms with Crippen molar-refractivity contribution in [3.8, 4) is 0 Å². The van der Waals surface area contributed by atoms with E-state index in [0.717, 1.165) is 30.4 Å². The maximum atomic E-state index is 5.76. The molecule has 1 fully saturated rings. The lowest BCUT2D eigenvalue weighted by molar-refractivity contribution is 0.479. The SMILES string of the molecule is CC1(C)CC1CNCc1cc2ccccc2o1. The van der Waals surface area contributed by atoms with Gasteiger partial charge in [-0.05, 0) is 36.4 Å². The molecule has 1 unspecified atom stereocenters. The van der Waals surface area contributed by atoms with Crippen LogP contribution in [0, 0.1) is 11.3 Å². The molecule has 1 aromatic heterocycles. The first kappa shape index (κ1) is 10.8. The predicted molar refractivity (Wildman–Crippen MR) is 69.8 cm³/mol. The van der Waals surface area contributed by atoms with Gasteiger partial charge in [-0.2, -0.15) is 0 Å². The third-order valence-electron chi connectivity index (χ3n) is 3.88. The van der Waals surface area contributed by atoms with Gasteiger partial charge in [-0.25, -0.2) is 0 Å². The van der Waals surface area contributed by atoms with Crippen LogP contribution in [0.15, 0.2) is 34.7 Å². The Balaban J connectivity index is 1.58. The van der Waals surface area contributed by atoms with E-state index in [4.69, 9.17) is 4.42 Å². The average Bonchev–Trinajstić information content (AvgIpc) is 2.74. The lowest BCUT2D eigenvalue weighted by Gasteiger charge is -2.04. The van der Waals surface area contributed by atoms with Crippen LogP contribution < -0.4 is 5.32 Å². The molecule has 1 heterocycles. The topological polar surface area (TPSA) is 25.2 Å². The second-order valence-electron chi connectivity index (χ2n) is 5.77. The molecule has 2 heteroatoms. The van der Waals surface area contributed by atoms with Crippen molar-refractivity contribution in [3.63, 3.8) is 0 Å². The summed E-state index contributed by atoms with van der Waals surface area (Å²) in [4.78, 5) is 0. The Labute approximate surface area is 102 Å².